The molecular weight excluding hydrogens is 178 g/mol. The fraction of sp³-hybridized carbons (Fsp3) is 1.00. The van der Waals surface area contributed by atoms with Crippen LogP contribution in [0.2, 0.25) is 0 Å². The van der Waals surface area contributed by atoms with Crippen LogP contribution in [0.4, 0.5) is 0 Å². The molecule has 1 saturated heterocycles. The van der Waals surface area contributed by atoms with Crippen LogP contribution in [0.5, 0.6) is 0 Å². The largest absolute Gasteiger partial charge is 0.390 e. The van der Waals surface area contributed by atoms with Gasteiger partial charge in [0.15, 0.2) is 6.29 Å². The summed E-state index contributed by atoms with van der Waals surface area (Å²) in [5.74, 6) is 0. The fourth-order valence-electron chi connectivity index (χ4n) is 1.15. The van der Waals surface area contributed by atoms with Gasteiger partial charge in [-0.2, -0.15) is 0 Å². The average Bonchev–Trinajstić information content (AvgIpc) is 2.14. The van der Waals surface area contributed by atoms with Gasteiger partial charge in [0.1, 0.15) is 6.10 Å². The summed E-state index contributed by atoms with van der Waals surface area (Å²) in [6, 6.07) is -0.758. The predicted molar refractivity (Wildman–Crippen MR) is 41.7 cm³/mol. The number of hydrogen-bond acceptors (Lipinski definition) is 5. The monoisotopic (exact) mass is 189 g/mol. The Balaban J connectivity index is 2.63. The third-order valence-corrected chi connectivity index (χ3v) is 1.89. The van der Waals surface area contributed by atoms with Gasteiger partial charge in [-0.3, -0.25) is 0 Å². The van der Waals surface area contributed by atoms with Crippen molar-refractivity contribution < 1.29 is 19.7 Å². The molecule has 1 aliphatic heterocycles. The van der Waals surface area contributed by atoms with Crippen LogP contribution >= 0.6 is 0 Å². The van der Waals surface area contributed by atoms with E-state index in [1.54, 1.807) is 0 Å². The molecule has 0 aliphatic carbocycles. The molecule has 0 spiro atoms. The lowest BCUT2D eigenvalue weighted by molar-refractivity contribution is -0.237. The molecule has 1 heterocycles. The highest BCUT2D eigenvalue weighted by Crippen LogP contribution is 2.18. The second-order valence-electron chi connectivity index (χ2n) is 2.69. The minimum Gasteiger partial charge on any atom is -0.390 e. The van der Waals surface area contributed by atoms with Crippen LogP contribution in [0.3, 0.4) is 0 Å². The molecule has 0 saturated carbocycles. The molecule has 2 N–H and O–H groups in total. The van der Waals surface area contributed by atoms with Crippen molar-refractivity contribution in [3.63, 3.8) is 0 Å². The predicted octanol–water partition coefficient (Wildman–Crippen LogP) is -0.610. The molecule has 0 aromatic rings. The topological polar surface area (TPSA) is 108 Å². The van der Waals surface area contributed by atoms with E-state index < -0.39 is 24.5 Å². The summed E-state index contributed by atoms with van der Waals surface area (Å²) in [5.41, 5.74) is 8.12. The smallest absolute Gasteiger partial charge is 0.185 e. The summed E-state index contributed by atoms with van der Waals surface area (Å²) in [7, 11) is 1.36. The van der Waals surface area contributed by atoms with Crippen LogP contribution in [-0.4, -0.2) is 48.5 Å². The van der Waals surface area contributed by atoms with Gasteiger partial charge < -0.3 is 19.7 Å². The van der Waals surface area contributed by atoms with E-state index in [9.17, 15) is 10.2 Å². The van der Waals surface area contributed by atoms with Gasteiger partial charge in [-0.15, -0.1) is 0 Å². The fourth-order valence-corrected chi connectivity index (χ4v) is 1.15. The van der Waals surface area contributed by atoms with Gasteiger partial charge in [-0.1, -0.05) is 5.11 Å². The maximum Gasteiger partial charge on any atom is 0.185 e. The number of aliphatic hydroxyl groups excluding tert-OH is 2. The van der Waals surface area contributed by atoms with Gasteiger partial charge in [0.25, 0.3) is 0 Å². The first-order valence-corrected chi connectivity index (χ1v) is 3.75. The summed E-state index contributed by atoms with van der Waals surface area (Å²) in [4.78, 5) is 2.53. The lowest BCUT2D eigenvalue weighted by atomic mass is 10.0. The molecule has 1 fully saturated rings. The maximum atomic E-state index is 9.40. The molecule has 1 rings (SSSR count). The molecule has 0 amide bonds. The van der Waals surface area contributed by atoms with Gasteiger partial charge >= 0.3 is 0 Å². The Labute approximate surface area is 74.5 Å². The number of azide groups is 1. The van der Waals surface area contributed by atoms with Crippen molar-refractivity contribution in [2.45, 2.75) is 24.5 Å². The normalized spacial score (nSPS) is 39.6. The highest BCUT2D eigenvalue weighted by molar-refractivity contribution is 4.87. The highest BCUT2D eigenvalue weighted by Gasteiger charge is 2.37. The Morgan fingerprint density at radius 3 is 2.77 bits per heavy atom. The number of ether oxygens (including phenoxy) is 2. The summed E-state index contributed by atoms with van der Waals surface area (Å²) in [6.45, 7) is 0.0425. The van der Waals surface area contributed by atoms with Crippen molar-refractivity contribution in [2.75, 3.05) is 13.7 Å². The Morgan fingerprint density at radius 1 is 1.54 bits per heavy atom. The summed E-state index contributed by atoms with van der Waals surface area (Å²) < 4.78 is 9.71. The van der Waals surface area contributed by atoms with Crippen LogP contribution in [0.1, 0.15) is 0 Å². The van der Waals surface area contributed by atoms with E-state index in [2.05, 4.69) is 10.0 Å². The minimum atomic E-state index is -1.19. The summed E-state index contributed by atoms with van der Waals surface area (Å²) >= 11 is 0. The lowest BCUT2D eigenvalue weighted by Crippen LogP contribution is -2.52. The second-order valence-corrected chi connectivity index (χ2v) is 2.69. The van der Waals surface area contributed by atoms with Crippen LogP contribution < -0.4 is 0 Å². The van der Waals surface area contributed by atoms with E-state index in [0.29, 0.717) is 0 Å². The Kier molecular flexibility index (Phi) is 3.47. The number of nitrogens with zero attached hydrogens (tertiary/aromatic N) is 3. The van der Waals surface area contributed by atoms with E-state index in [4.69, 9.17) is 15.0 Å². The second kappa shape index (κ2) is 4.40. The average molecular weight is 189 g/mol. The molecule has 0 aromatic heterocycles. The van der Waals surface area contributed by atoms with E-state index in [0.717, 1.165) is 0 Å². The van der Waals surface area contributed by atoms with E-state index in [-0.39, 0.29) is 6.61 Å². The molecule has 4 atom stereocenters. The van der Waals surface area contributed by atoms with Crippen molar-refractivity contribution in [3.8, 4) is 0 Å². The maximum absolute atomic E-state index is 9.40. The Morgan fingerprint density at radius 2 is 2.23 bits per heavy atom. The number of rotatable bonds is 2. The minimum absolute atomic E-state index is 0.0425. The lowest BCUT2D eigenvalue weighted by Gasteiger charge is -2.34. The van der Waals surface area contributed by atoms with Crippen LogP contribution in [0.25, 0.3) is 10.4 Å². The zero-order valence-corrected chi connectivity index (χ0v) is 7.07. The first-order chi connectivity index (χ1) is 6.20. The van der Waals surface area contributed by atoms with Crippen molar-refractivity contribution >= 4 is 0 Å². The Hall–Kier alpha value is -0.850. The first kappa shape index (κ1) is 10.2. The third kappa shape index (κ3) is 2.09. The van der Waals surface area contributed by atoms with E-state index in [1.165, 1.54) is 7.11 Å². The van der Waals surface area contributed by atoms with Crippen LogP contribution in [0, 0.1) is 0 Å². The number of methoxy groups -OCH3 is 1. The number of aliphatic hydroxyl groups is 2. The summed E-state index contributed by atoms with van der Waals surface area (Å²) in [5, 5.41) is 22.0. The van der Waals surface area contributed by atoms with Crippen LogP contribution in [0.15, 0.2) is 5.11 Å². The Bertz CT molecular complexity index is 218. The SMILES string of the molecule is CO[C@H]1OC[C@@H](N=[N+]=[N-])[C@@H](O)[C@@H]1O. The quantitative estimate of drug-likeness (QED) is 0.343. The molecule has 7 nitrogen and oxygen atoms in total. The van der Waals surface area contributed by atoms with Gasteiger partial charge in [0, 0.05) is 12.0 Å². The van der Waals surface area contributed by atoms with Gasteiger partial charge in [-0.25, -0.2) is 0 Å². The van der Waals surface area contributed by atoms with Crippen molar-refractivity contribution in [1.29, 1.82) is 0 Å². The molecule has 0 radical (unpaired) electrons. The zero-order valence-electron chi connectivity index (χ0n) is 7.07. The standard InChI is InChI=1S/C6H11N3O4/c1-12-6-5(11)4(10)3(2-13-6)8-9-7/h3-6,10-11H,2H2,1H3/t3-,4-,5+,6+/m1/s1. The van der Waals surface area contributed by atoms with Crippen molar-refractivity contribution in [3.05, 3.63) is 10.4 Å². The molecular formula is C6H11N3O4. The van der Waals surface area contributed by atoms with Crippen molar-refractivity contribution in [2.24, 2.45) is 5.11 Å². The molecule has 0 unspecified atom stereocenters. The summed E-state index contributed by atoms with van der Waals surface area (Å²) in [6.07, 6.45) is -3.19. The zero-order chi connectivity index (χ0) is 9.84. The van der Waals surface area contributed by atoms with Gasteiger partial charge in [-0.05, 0) is 5.53 Å². The molecule has 74 valence electrons. The molecule has 1 aliphatic rings. The molecule has 13 heavy (non-hydrogen) atoms. The van der Waals surface area contributed by atoms with Gasteiger partial charge in [0.05, 0.1) is 18.8 Å². The first-order valence-electron chi connectivity index (χ1n) is 3.75. The van der Waals surface area contributed by atoms with Gasteiger partial charge in [0.2, 0.25) is 0 Å². The molecule has 0 aromatic carbocycles. The molecule has 7 heteroatoms. The van der Waals surface area contributed by atoms with E-state index >= 15 is 0 Å². The third-order valence-electron chi connectivity index (χ3n) is 1.89. The molecule has 0 bridgehead atoms. The van der Waals surface area contributed by atoms with Crippen LogP contribution in [-0.2, 0) is 9.47 Å². The highest BCUT2D eigenvalue weighted by atomic mass is 16.7. The number of hydrogen-bond donors (Lipinski definition) is 2. The van der Waals surface area contributed by atoms with E-state index in [1.807, 2.05) is 0 Å². The van der Waals surface area contributed by atoms with Crippen molar-refractivity contribution in [1.82, 2.24) is 0 Å².